The van der Waals surface area contributed by atoms with Crippen molar-refractivity contribution in [1.82, 2.24) is 0 Å². The Hall–Kier alpha value is -2.30. The van der Waals surface area contributed by atoms with Crippen LogP contribution in [0, 0.1) is 0 Å². The third kappa shape index (κ3) is 3.62. The SMILES string of the molecule is CCO/C(=C\C(=O)C(F)(F)F)c1ccc2ccccc2c1. The van der Waals surface area contributed by atoms with E-state index in [2.05, 4.69) is 0 Å². The molecule has 0 N–H and O–H groups in total. The summed E-state index contributed by atoms with van der Waals surface area (Å²) in [5, 5.41) is 1.82. The largest absolute Gasteiger partial charge is 0.493 e. The molecular formula is C16H13F3O2. The van der Waals surface area contributed by atoms with Crippen molar-refractivity contribution in [3.63, 3.8) is 0 Å². The summed E-state index contributed by atoms with van der Waals surface area (Å²) in [6, 6.07) is 12.5. The van der Waals surface area contributed by atoms with Crippen LogP contribution >= 0.6 is 0 Å². The second-order valence-corrected chi connectivity index (χ2v) is 4.37. The molecule has 0 saturated heterocycles. The number of alkyl halides is 3. The number of benzene rings is 2. The van der Waals surface area contributed by atoms with Crippen LogP contribution in [-0.2, 0) is 9.53 Å². The van der Waals surface area contributed by atoms with Gasteiger partial charge in [-0.3, -0.25) is 4.79 Å². The van der Waals surface area contributed by atoms with Crippen molar-refractivity contribution in [3.05, 3.63) is 54.1 Å². The fraction of sp³-hybridized carbons (Fsp3) is 0.188. The van der Waals surface area contributed by atoms with Gasteiger partial charge in [-0.2, -0.15) is 13.2 Å². The van der Waals surface area contributed by atoms with Crippen LogP contribution in [0.2, 0.25) is 0 Å². The fourth-order valence-electron chi connectivity index (χ4n) is 1.91. The summed E-state index contributed by atoms with van der Waals surface area (Å²) >= 11 is 0. The molecule has 21 heavy (non-hydrogen) atoms. The number of carbonyl (C=O) groups excluding carboxylic acids is 1. The van der Waals surface area contributed by atoms with Gasteiger partial charge in [0.1, 0.15) is 5.76 Å². The zero-order chi connectivity index (χ0) is 15.5. The highest BCUT2D eigenvalue weighted by Crippen LogP contribution is 2.24. The van der Waals surface area contributed by atoms with E-state index in [1.165, 1.54) is 0 Å². The molecule has 2 aromatic rings. The topological polar surface area (TPSA) is 26.3 Å². The Morgan fingerprint density at radius 1 is 1.14 bits per heavy atom. The van der Waals surface area contributed by atoms with Gasteiger partial charge >= 0.3 is 6.18 Å². The zero-order valence-corrected chi connectivity index (χ0v) is 11.3. The second kappa shape index (κ2) is 5.99. The first kappa shape index (κ1) is 15.1. The van der Waals surface area contributed by atoms with Crippen LogP contribution in [0.15, 0.2) is 48.5 Å². The van der Waals surface area contributed by atoms with Crippen LogP contribution in [-0.4, -0.2) is 18.6 Å². The van der Waals surface area contributed by atoms with E-state index in [1.807, 2.05) is 24.3 Å². The average molecular weight is 294 g/mol. The number of ketones is 1. The summed E-state index contributed by atoms with van der Waals surface area (Å²) in [5.41, 5.74) is 0.438. The molecule has 0 aromatic heterocycles. The van der Waals surface area contributed by atoms with Gasteiger partial charge < -0.3 is 4.74 Å². The summed E-state index contributed by atoms with van der Waals surface area (Å²) in [6.45, 7) is 1.82. The van der Waals surface area contributed by atoms with E-state index in [0.29, 0.717) is 11.6 Å². The van der Waals surface area contributed by atoms with E-state index in [9.17, 15) is 18.0 Å². The molecule has 0 fully saturated rings. The molecule has 0 amide bonds. The Morgan fingerprint density at radius 2 is 1.81 bits per heavy atom. The lowest BCUT2D eigenvalue weighted by Crippen LogP contribution is -2.20. The monoisotopic (exact) mass is 294 g/mol. The van der Waals surface area contributed by atoms with Crippen molar-refractivity contribution < 1.29 is 22.7 Å². The molecule has 0 bridgehead atoms. The molecular weight excluding hydrogens is 281 g/mol. The first-order valence-corrected chi connectivity index (χ1v) is 6.36. The van der Waals surface area contributed by atoms with Crippen LogP contribution in [0.3, 0.4) is 0 Å². The number of rotatable bonds is 4. The van der Waals surface area contributed by atoms with Crippen molar-refractivity contribution in [2.24, 2.45) is 0 Å². The molecule has 2 aromatic carbocycles. The molecule has 0 atom stereocenters. The summed E-state index contributed by atoms with van der Waals surface area (Å²) in [5.74, 6) is -2.01. The molecule has 0 aliphatic rings. The predicted octanol–water partition coefficient (Wildman–Crippen LogP) is 4.35. The third-order valence-corrected chi connectivity index (χ3v) is 2.88. The van der Waals surface area contributed by atoms with E-state index < -0.39 is 12.0 Å². The van der Waals surface area contributed by atoms with Gasteiger partial charge in [0.2, 0.25) is 0 Å². The standard InChI is InChI=1S/C16H13F3O2/c1-2-21-14(10-15(20)16(17,18)19)13-8-7-11-5-3-4-6-12(11)9-13/h3-10H,2H2,1H3/b14-10-. The summed E-state index contributed by atoms with van der Waals surface area (Å²) in [4.78, 5) is 11.1. The molecule has 0 heterocycles. The summed E-state index contributed by atoms with van der Waals surface area (Å²) in [7, 11) is 0. The number of ether oxygens (including phenoxy) is 1. The normalized spacial score (nSPS) is 12.5. The fourth-order valence-corrected chi connectivity index (χ4v) is 1.91. The second-order valence-electron chi connectivity index (χ2n) is 4.37. The molecule has 2 nitrogen and oxygen atoms in total. The molecule has 0 aliphatic heterocycles. The minimum Gasteiger partial charge on any atom is -0.493 e. The molecule has 2 rings (SSSR count). The molecule has 0 aliphatic carbocycles. The number of allylic oxidation sites excluding steroid dienone is 1. The van der Waals surface area contributed by atoms with E-state index in [0.717, 1.165) is 10.8 Å². The van der Waals surface area contributed by atoms with E-state index in [-0.39, 0.29) is 12.4 Å². The third-order valence-electron chi connectivity index (χ3n) is 2.88. The molecule has 0 spiro atoms. The molecule has 0 unspecified atom stereocenters. The van der Waals surface area contributed by atoms with Gasteiger partial charge in [-0.25, -0.2) is 0 Å². The lowest BCUT2D eigenvalue weighted by Gasteiger charge is -2.10. The molecule has 110 valence electrons. The Balaban J connectivity index is 2.45. The van der Waals surface area contributed by atoms with Gasteiger partial charge in [0.25, 0.3) is 5.78 Å². The van der Waals surface area contributed by atoms with Crippen molar-refractivity contribution in [2.45, 2.75) is 13.1 Å². The number of halogens is 3. The van der Waals surface area contributed by atoms with Crippen LogP contribution < -0.4 is 0 Å². The smallest absolute Gasteiger partial charge is 0.454 e. The zero-order valence-electron chi connectivity index (χ0n) is 11.3. The first-order valence-electron chi connectivity index (χ1n) is 6.36. The number of fused-ring (bicyclic) bond motifs is 1. The van der Waals surface area contributed by atoms with E-state index in [4.69, 9.17) is 4.74 Å². The molecule has 0 radical (unpaired) electrons. The lowest BCUT2D eigenvalue weighted by molar-refractivity contribution is -0.165. The van der Waals surface area contributed by atoms with Crippen LogP contribution in [0.1, 0.15) is 12.5 Å². The van der Waals surface area contributed by atoms with Crippen molar-refractivity contribution in [3.8, 4) is 0 Å². The highest BCUT2D eigenvalue weighted by molar-refractivity contribution is 6.00. The van der Waals surface area contributed by atoms with Crippen LogP contribution in [0.5, 0.6) is 0 Å². The summed E-state index contributed by atoms with van der Waals surface area (Å²) in [6.07, 6.45) is -4.41. The Bertz CT molecular complexity index is 687. The minimum absolute atomic E-state index is 0.0782. The van der Waals surface area contributed by atoms with E-state index in [1.54, 1.807) is 25.1 Å². The average Bonchev–Trinajstić information content (AvgIpc) is 2.45. The Labute approximate surface area is 119 Å². The lowest BCUT2D eigenvalue weighted by atomic mass is 10.1. The summed E-state index contributed by atoms with van der Waals surface area (Å²) < 4.78 is 42.3. The van der Waals surface area contributed by atoms with Gasteiger partial charge in [0, 0.05) is 11.6 Å². The minimum atomic E-state index is -4.90. The Kier molecular flexibility index (Phi) is 4.31. The van der Waals surface area contributed by atoms with Crippen molar-refractivity contribution in [1.29, 1.82) is 0 Å². The first-order chi connectivity index (χ1) is 9.91. The van der Waals surface area contributed by atoms with Gasteiger partial charge in [0.05, 0.1) is 6.61 Å². The van der Waals surface area contributed by atoms with Gasteiger partial charge in [-0.15, -0.1) is 0 Å². The number of hydrogen-bond acceptors (Lipinski definition) is 2. The quantitative estimate of drug-likeness (QED) is 0.619. The Morgan fingerprint density at radius 3 is 2.43 bits per heavy atom. The van der Waals surface area contributed by atoms with Crippen molar-refractivity contribution >= 4 is 22.3 Å². The molecule has 0 saturated carbocycles. The van der Waals surface area contributed by atoms with E-state index >= 15 is 0 Å². The van der Waals surface area contributed by atoms with Gasteiger partial charge in [0.15, 0.2) is 0 Å². The maximum absolute atomic E-state index is 12.4. The highest BCUT2D eigenvalue weighted by Gasteiger charge is 2.37. The number of carbonyl (C=O) groups is 1. The maximum Gasteiger partial charge on any atom is 0.454 e. The van der Waals surface area contributed by atoms with Gasteiger partial charge in [-0.05, 0) is 23.8 Å². The van der Waals surface area contributed by atoms with Crippen LogP contribution in [0.25, 0.3) is 16.5 Å². The van der Waals surface area contributed by atoms with Crippen molar-refractivity contribution in [2.75, 3.05) is 6.61 Å². The maximum atomic E-state index is 12.4. The van der Waals surface area contributed by atoms with Crippen LogP contribution in [0.4, 0.5) is 13.2 Å². The predicted molar refractivity (Wildman–Crippen MR) is 74.6 cm³/mol. The highest BCUT2D eigenvalue weighted by atomic mass is 19.4. The molecule has 5 heteroatoms. The van der Waals surface area contributed by atoms with Gasteiger partial charge in [-0.1, -0.05) is 36.4 Å². The number of hydrogen-bond donors (Lipinski definition) is 0.